The van der Waals surface area contributed by atoms with Crippen LogP contribution in [0.5, 0.6) is 0 Å². The third-order valence-electron chi connectivity index (χ3n) is 3.62. The summed E-state index contributed by atoms with van der Waals surface area (Å²) in [6.07, 6.45) is 0.471. The van der Waals surface area contributed by atoms with Crippen molar-refractivity contribution in [2.75, 3.05) is 11.1 Å². The predicted octanol–water partition coefficient (Wildman–Crippen LogP) is 5.40. The number of nitrogens with two attached hydrogens (primary N) is 1. The molecule has 3 aromatic carbocycles. The maximum Gasteiger partial charge on any atom is 0.271 e. The van der Waals surface area contributed by atoms with Crippen molar-refractivity contribution in [1.82, 2.24) is 0 Å². The Kier molecular flexibility index (Phi) is 11.8. The lowest BCUT2D eigenvalue weighted by atomic mass is 10.3. The van der Waals surface area contributed by atoms with Gasteiger partial charge in [-0.25, -0.2) is 4.99 Å². The highest BCUT2D eigenvalue weighted by Gasteiger charge is 2.05. The number of rotatable bonds is 6. The van der Waals surface area contributed by atoms with Crippen LogP contribution in [0.3, 0.4) is 0 Å². The molecule has 182 valence electrons. The molecule has 0 radical (unpaired) electrons. The first kappa shape index (κ1) is 28.4. The molecule has 1 amide bonds. The van der Waals surface area contributed by atoms with Crippen LogP contribution in [0, 0.1) is 30.3 Å². The van der Waals surface area contributed by atoms with Crippen molar-refractivity contribution in [1.29, 1.82) is 0 Å². The van der Waals surface area contributed by atoms with Gasteiger partial charge in [0, 0.05) is 47.8 Å². The molecule has 0 bridgehead atoms. The standard InChI is InChI=1S/C7H4Cl2N2O2.C7H6N2O3.C6H6N2O2/c8-7(9)10-5-2-1-3-6(4-5)11(12)13;10-5-8-6-2-1-3-7(4-6)9(11)12;7-5-2-1-3-6(4-5)8(9)10/h1-4H;1-5H,(H,8,10);1-4H,7H2. The number of nitro groups is 3. The number of aliphatic imine (C=N–C) groups is 1. The number of carbonyl (C=O) groups excluding carboxylic acids is 1. The lowest BCUT2D eigenvalue weighted by Gasteiger charge is -1.96. The second kappa shape index (κ2) is 14.5. The first-order valence-corrected chi connectivity index (χ1v) is 9.87. The van der Waals surface area contributed by atoms with E-state index in [0.29, 0.717) is 23.5 Å². The monoisotopic (exact) mass is 522 g/mol. The Morgan fingerprint density at radius 3 is 1.74 bits per heavy atom. The Bertz CT molecular complexity index is 1240. The van der Waals surface area contributed by atoms with Crippen LogP contribution in [0.4, 0.5) is 34.1 Å². The van der Waals surface area contributed by atoms with Crippen molar-refractivity contribution in [3.63, 3.8) is 0 Å². The number of halogens is 2. The minimum Gasteiger partial charge on any atom is -0.399 e. The third-order valence-corrected chi connectivity index (χ3v) is 3.79. The van der Waals surface area contributed by atoms with E-state index in [-0.39, 0.29) is 21.7 Å². The quantitative estimate of drug-likeness (QED) is 0.141. The van der Waals surface area contributed by atoms with E-state index in [2.05, 4.69) is 10.3 Å². The van der Waals surface area contributed by atoms with Crippen molar-refractivity contribution in [2.45, 2.75) is 0 Å². The molecule has 0 aliphatic heterocycles. The highest BCUT2D eigenvalue weighted by molar-refractivity contribution is 6.95. The number of anilines is 2. The number of nitrogens with zero attached hydrogens (tertiary/aromatic N) is 4. The van der Waals surface area contributed by atoms with Gasteiger partial charge >= 0.3 is 0 Å². The summed E-state index contributed by atoms with van der Waals surface area (Å²) in [6, 6.07) is 17.3. The van der Waals surface area contributed by atoms with Crippen LogP contribution < -0.4 is 11.1 Å². The predicted molar refractivity (Wildman–Crippen MR) is 132 cm³/mol. The number of hydrogen-bond donors (Lipinski definition) is 2. The lowest BCUT2D eigenvalue weighted by Crippen LogP contribution is -1.94. The first-order valence-electron chi connectivity index (χ1n) is 9.12. The van der Waals surface area contributed by atoms with Gasteiger partial charge in [-0.1, -0.05) is 18.2 Å². The zero-order chi connectivity index (χ0) is 26.4. The number of amides is 1. The van der Waals surface area contributed by atoms with Crippen molar-refractivity contribution in [3.05, 3.63) is 103 Å². The summed E-state index contributed by atoms with van der Waals surface area (Å²) in [5.74, 6) is 0. The molecule has 0 unspecified atom stereocenters. The molecule has 3 rings (SSSR count). The number of hydrogen-bond acceptors (Lipinski definition) is 9. The molecule has 15 heteroatoms. The molecular formula is C20H16Cl2N6O7. The van der Waals surface area contributed by atoms with Gasteiger partial charge in [0.15, 0.2) is 4.63 Å². The van der Waals surface area contributed by atoms with Crippen LogP contribution in [0.25, 0.3) is 0 Å². The van der Waals surface area contributed by atoms with Crippen LogP contribution in [0.2, 0.25) is 0 Å². The van der Waals surface area contributed by atoms with Crippen LogP contribution in [-0.4, -0.2) is 25.8 Å². The molecule has 0 saturated heterocycles. The van der Waals surface area contributed by atoms with Crippen LogP contribution in [-0.2, 0) is 4.79 Å². The van der Waals surface area contributed by atoms with Crippen molar-refractivity contribution < 1.29 is 19.6 Å². The van der Waals surface area contributed by atoms with E-state index in [0.717, 1.165) is 0 Å². The average molecular weight is 523 g/mol. The van der Waals surface area contributed by atoms with Crippen LogP contribution in [0.15, 0.2) is 77.8 Å². The van der Waals surface area contributed by atoms with Gasteiger partial charge in [0.25, 0.3) is 17.1 Å². The summed E-state index contributed by atoms with van der Waals surface area (Å²) in [7, 11) is 0. The summed E-state index contributed by atoms with van der Waals surface area (Å²) < 4.78 is -0.180. The van der Waals surface area contributed by atoms with Crippen molar-refractivity contribution in [2.24, 2.45) is 4.99 Å². The molecule has 0 heterocycles. The fourth-order valence-electron chi connectivity index (χ4n) is 2.19. The van der Waals surface area contributed by atoms with Gasteiger partial charge in [0.2, 0.25) is 6.41 Å². The maximum atomic E-state index is 10.3. The Labute approximate surface area is 207 Å². The zero-order valence-electron chi connectivity index (χ0n) is 17.5. The number of nitrogen functional groups attached to an aromatic ring is 1. The molecule has 0 aliphatic carbocycles. The molecule has 3 N–H and O–H groups in total. The summed E-state index contributed by atoms with van der Waals surface area (Å²) in [5, 5.41) is 33.0. The molecule has 0 aliphatic rings. The van der Waals surface area contributed by atoms with Crippen LogP contribution >= 0.6 is 23.2 Å². The van der Waals surface area contributed by atoms with E-state index < -0.39 is 14.8 Å². The Balaban J connectivity index is 0.000000265. The largest absolute Gasteiger partial charge is 0.399 e. The maximum absolute atomic E-state index is 10.3. The Morgan fingerprint density at radius 2 is 1.29 bits per heavy atom. The Morgan fingerprint density at radius 1 is 0.800 bits per heavy atom. The van der Waals surface area contributed by atoms with E-state index >= 15 is 0 Å². The summed E-state index contributed by atoms with van der Waals surface area (Å²) >= 11 is 10.6. The van der Waals surface area contributed by atoms with Gasteiger partial charge in [-0.3, -0.25) is 35.1 Å². The molecule has 3 aromatic rings. The smallest absolute Gasteiger partial charge is 0.271 e. The average Bonchev–Trinajstić information content (AvgIpc) is 2.80. The van der Waals surface area contributed by atoms with Gasteiger partial charge in [-0.15, -0.1) is 0 Å². The molecule has 0 saturated carbocycles. The Hall–Kier alpha value is -4.62. The number of non-ortho nitro benzene ring substituents is 3. The fraction of sp³-hybridized carbons (Fsp3) is 0. The molecule has 35 heavy (non-hydrogen) atoms. The molecule has 13 nitrogen and oxygen atoms in total. The second-order valence-corrected chi connectivity index (χ2v) is 6.96. The summed E-state index contributed by atoms with van der Waals surface area (Å²) in [6.45, 7) is 0. The van der Waals surface area contributed by atoms with E-state index in [4.69, 9.17) is 28.9 Å². The number of nitrogens with one attached hydrogen (secondary N) is 1. The molecule has 0 atom stereocenters. The third kappa shape index (κ3) is 11.2. The van der Waals surface area contributed by atoms with Crippen molar-refractivity contribution >= 4 is 68.4 Å². The van der Waals surface area contributed by atoms with Crippen molar-refractivity contribution in [3.8, 4) is 0 Å². The van der Waals surface area contributed by atoms with Gasteiger partial charge in [0.1, 0.15) is 0 Å². The van der Waals surface area contributed by atoms with Gasteiger partial charge in [-0.05, 0) is 41.4 Å². The highest BCUT2D eigenvalue weighted by Crippen LogP contribution is 2.20. The van der Waals surface area contributed by atoms with E-state index in [1.54, 1.807) is 24.3 Å². The van der Waals surface area contributed by atoms with Gasteiger partial charge < -0.3 is 11.1 Å². The number of benzene rings is 3. The zero-order valence-corrected chi connectivity index (χ0v) is 19.0. The summed E-state index contributed by atoms with van der Waals surface area (Å²) in [5.41, 5.74) is 6.42. The second-order valence-electron chi connectivity index (χ2n) is 6.05. The van der Waals surface area contributed by atoms with E-state index in [9.17, 15) is 35.1 Å². The molecule has 0 aromatic heterocycles. The molecular weight excluding hydrogens is 507 g/mol. The first-order chi connectivity index (χ1) is 16.5. The SMILES string of the molecule is Nc1cccc([N+](=O)[O-])c1.O=CNc1cccc([N+](=O)[O-])c1.O=[N+]([O-])c1cccc(N=C(Cl)Cl)c1. The molecule has 0 fully saturated rings. The van der Waals surface area contributed by atoms with Gasteiger partial charge in [-0.2, -0.15) is 0 Å². The highest BCUT2D eigenvalue weighted by atomic mass is 35.5. The summed E-state index contributed by atoms with van der Waals surface area (Å²) in [4.78, 5) is 42.8. The molecule has 0 spiro atoms. The normalized spacial score (nSPS) is 9.20. The minimum absolute atomic E-state index is 0.0278. The topological polar surface area (TPSA) is 197 Å². The van der Waals surface area contributed by atoms with E-state index in [1.807, 2.05) is 0 Å². The van der Waals surface area contributed by atoms with E-state index in [1.165, 1.54) is 48.5 Å². The van der Waals surface area contributed by atoms with Crippen LogP contribution in [0.1, 0.15) is 0 Å². The number of nitro benzene ring substituents is 3. The lowest BCUT2D eigenvalue weighted by molar-refractivity contribution is -0.385. The minimum atomic E-state index is -0.518. The fourth-order valence-corrected chi connectivity index (χ4v) is 2.38. The van der Waals surface area contributed by atoms with Gasteiger partial charge in [0.05, 0.1) is 20.5 Å². The number of carbonyl (C=O) groups is 1.